The summed E-state index contributed by atoms with van der Waals surface area (Å²) >= 11 is 7.90. The maximum absolute atomic E-state index is 13.3. The van der Waals surface area contributed by atoms with E-state index in [9.17, 15) is 14.7 Å². The summed E-state index contributed by atoms with van der Waals surface area (Å²) in [4.78, 5) is 44.9. The van der Waals surface area contributed by atoms with Crippen LogP contribution >= 0.6 is 22.9 Å². The third kappa shape index (κ3) is 5.71. The van der Waals surface area contributed by atoms with E-state index >= 15 is 0 Å². The van der Waals surface area contributed by atoms with Crippen molar-refractivity contribution in [2.75, 3.05) is 41.7 Å². The van der Waals surface area contributed by atoms with E-state index in [1.807, 2.05) is 5.38 Å². The number of para-hydroxylation sites is 1. The second-order valence-corrected chi connectivity index (χ2v) is 12.2. The van der Waals surface area contributed by atoms with Crippen LogP contribution in [-0.4, -0.2) is 73.7 Å². The first-order valence-corrected chi connectivity index (χ1v) is 15.6. The first-order chi connectivity index (χ1) is 20.7. The normalized spacial score (nSPS) is 16.6. The summed E-state index contributed by atoms with van der Waals surface area (Å²) in [6.07, 6.45) is 4.19. The number of benzene rings is 1. The average molecular weight is 624 g/mol. The van der Waals surface area contributed by atoms with Crippen molar-refractivity contribution in [3.63, 3.8) is 0 Å². The van der Waals surface area contributed by atoms with E-state index in [2.05, 4.69) is 20.1 Å². The van der Waals surface area contributed by atoms with Crippen LogP contribution in [0.2, 0.25) is 5.02 Å². The number of halogens is 1. The Labute approximate surface area is 257 Å². The van der Waals surface area contributed by atoms with Crippen LogP contribution in [-0.2, 0) is 7.05 Å². The topological polar surface area (TPSA) is 147 Å². The van der Waals surface area contributed by atoms with E-state index in [-0.39, 0.29) is 17.7 Å². The van der Waals surface area contributed by atoms with Crippen molar-refractivity contribution in [2.45, 2.75) is 44.8 Å². The zero-order chi connectivity index (χ0) is 30.2. The molecule has 2 saturated heterocycles. The molecule has 0 radical (unpaired) electrons. The van der Waals surface area contributed by atoms with Gasteiger partial charge in [0.05, 0.1) is 28.7 Å². The number of carbonyl (C=O) groups is 1. The maximum atomic E-state index is 13.3. The van der Waals surface area contributed by atoms with Gasteiger partial charge in [0, 0.05) is 44.6 Å². The van der Waals surface area contributed by atoms with E-state index in [4.69, 9.17) is 27.3 Å². The van der Waals surface area contributed by atoms with Crippen molar-refractivity contribution in [1.29, 1.82) is 0 Å². The first-order valence-electron chi connectivity index (χ1n) is 14.3. The Morgan fingerprint density at radius 1 is 1.07 bits per heavy atom. The lowest BCUT2D eigenvalue weighted by atomic mass is 10.0. The molecule has 3 aromatic heterocycles. The molecule has 2 aliphatic rings. The Morgan fingerprint density at radius 2 is 1.77 bits per heavy atom. The van der Waals surface area contributed by atoms with Gasteiger partial charge < -0.3 is 26.0 Å². The van der Waals surface area contributed by atoms with Gasteiger partial charge >= 0.3 is 0 Å². The summed E-state index contributed by atoms with van der Waals surface area (Å²) < 4.78 is 3.07. The molecular formula is C29H34ClN9O3S. The van der Waals surface area contributed by atoms with Crippen LogP contribution in [0.15, 0.2) is 40.6 Å². The summed E-state index contributed by atoms with van der Waals surface area (Å²) in [7, 11) is 1.74. The predicted molar refractivity (Wildman–Crippen MR) is 168 cm³/mol. The number of nitrogens with one attached hydrogen (secondary N) is 1. The van der Waals surface area contributed by atoms with E-state index in [0.717, 1.165) is 36.8 Å². The third-order valence-electron chi connectivity index (χ3n) is 8.26. The molecular weight excluding hydrogens is 590 g/mol. The monoisotopic (exact) mass is 623 g/mol. The van der Waals surface area contributed by atoms with Crippen LogP contribution in [0, 0.1) is 6.92 Å². The number of anilines is 3. The number of amides is 1. The van der Waals surface area contributed by atoms with Crippen molar-refractivity contribution >= 4 is 45.6 Å². The van der Waals surface area contributed by atoms with E-state index in [1.165, 1.54) is 4.68 Å². The minimum atomic E-state index is -0.411. The maximum Gasteiger partial charge on any atom is 0.284 e. The summed E-state index contributed by atoms with van der Waals surface area (Å²) in [6.45, 7) is 4.54. The molecule has 6 rings (SSSR count). The van der Waals surface area contributed by atoms with Gasteiger partial charge in [-0.2, -0.15) is 0 Å². The molecule has 4 N–H and O–H groups in total. The molecule has 4 aromatic rings. The van der Waals surface area contributed by atoms with Crippen LogP contribution in [0.1, 0.15) is 41.7 Å². The molecule has 0 bridgehead atoms. The minimum absolute atomic E-state index is 0.107. The fraction of sp³-hybridized carbons (Fsp3) is 0.414. The van der Waals surface area contributed by atoms with Gasteiger partial charge in [-0.1, -0.05) is 23.7 Å². The lowest BCUT2D eigenvalue weighted by molar-refractivity contribution is 0.0929. The number of thiazole rings is 1. The lowest BCUT2D eigenvalue weighted by Crippen LogP contribution is -2.46. The molecule has 2 aliphatic heterocycles. The molecule has 0 saturated carbocycles. The molecule has 0 atom stereocenters. The van der Waals surface area contributed by atoms with Crippen LogP contribution in [0.5, 0.6) is 0 Å². The van der Waals surface area contributed by atoms with Crippen molar-refractivity contribution < 1.29 is 9.90 Å². The Bertz CT molecular complexity index is 1700. The Morgan fingerprint density at radius 3 is 2.49 bits per heavy atom. The standard InChI is InChI=1S/C29H34ClN9O3S/c1-17-24(28(42)39(36(17)2)23-6-4-3-5-20(23)30)27(41)33-18-7-11-37(12-8-18)26-25(31)32-15-21(34-26)22-16-43-29(35-22)38-13-9-19(40)10-14-38/h3-6,15-16,18-19,40H,7-14H2,1-2H3,(H2,31,32)(H,33,41). The number of nitrogen functional groups attached to an aromatic ring is 1. The molecule has 43 heavy (non-hydrogen) atoms. The number of nitrogens with zero attached hydrogens (tertiary/aromatic N) is 7. The Balaban J connectivity index is 1.12. The van der Waals surface area contributed by atoms with Gasteiger partial charge in [0.15, 0.2) is 16.8 Å². The largest absolute Gasteiger partial charge is 0.393 e. The molecule has 2 fully saturated rings. The summed E-state index contributed by atoms with van der Waals surface area (Å²) in [5.74, 6) is 0.539. The van der Waals surface area contributed by atoms with Crippen molar-refractivity contribution in [3.05, 3.63) is 62.5 Å². The van der Waals surface area contributed by atoms with Crippen molar-refractivity contribution in [2.24, 2.45) is 7.05 Å². The number of rotatable bonds is 6. The number of carbonyl (C=O) groups excluding carboxylic acids is 1. The SMILES string of the molecule is Cc1c(C(=O)NC2CCN(c3nc(-c4csc(N5CCC(O)CC5)n4)cnc3N)CC2)c(=O)n(-c2ccccc2Cl)n1C. The third-order valence-corrected chi connectivity index (χ3v) is 9.48. The van der Waals surface area contributed by atoms with Gasteiger partial charge in [-0.3, -0.25) is 14.3 Å². The van der Waals surface area contributed by atoms with Crippen LogP contribution < -0.4 is 26.4 Å². The van der Waals surface area contributed by atoms with Gasteiger partial charge in [0.1, 0.15) is 17.0 Å². The van der Waals surface area contributed by atoms with Gasteiger partial charge in [-0.25, -0.2) is 19.6 Å². The van der Waals surface area contributed by atoms with Crippen LogP contribution in [0.3, 0.4) is 0 Å². The van der Waals surface area contributed by atoms with E-state index in [1.54, 1.807) is 60.5 Å². The van der Waals surface area contributed by atoms with Gasteiger partial charge in [-0.05, 0) is 44.7 Å². The molecule has 1 aromatic carbocycles. The van der Waals surface area contributed by atoms with Crippen LogP contribution in [0.4, 0.5) is 16.8 Å². The number of aliphatic hydroxyl groups excluding tert-OH is 1. The molecule has 14 heteroatoms. The summed E-state index contributed by atoms with van der Waals surface area (Å²) in [6, 6.07) is 6.94. The number of piperidine rings is 2. The molecule has 226 valence electrons. The molecule has 0 aliphatic carbocycles. The zero-order valence-electron chi connectivity index (χ0n) is 24.0. The molecule has 12 nitrogen and oxygen atoms in total. The van der Waals surface area contributed by atoms with Crippen molar-refractivity contribution in [3.8, 4) is 17.1 Å². The number of aromatic nitrogens is 5. The number of hydrogen-bond acceptors (Lipinski definition) is 10. The average Bonchev–Trinajstić information content (AvgIpc) is 3.57. The number of nitrogens with two attached hydrogens (primary N) is 1. The Hall–Kier alpha value is -3.94. The van der Waals surface area contributed by atoms with Gasteiger partial charge in [-0.15, -0.1) is 11.3 Å². The van der Waals surface area contributed by atoms with Crippen LogP contribution in [0.25, 0.3) is 17.1 Å². The quantitative estimate of drug-likeness (QED) is 0.295. The fourth-order valence-corrected chi connectivity index (χ4v) is 6.78. The molecule has 5 heterocycles. The van der Waals surface area contributed by atoms with E-state index in [0.29, 0.717) is 59.7 Å². The molecule has 1 amide bonds. The highest BCUT2D eigenvalue weighted by atomic mass is 35.5. The lowest BCUT2D eigenvalue weighted by Gasteiger charge is -2.33. The number of aliphatic hydroxyl groups is 1. The second kappa shape index (κ2) is 12.0. The van der Waals surface area contributed by atoms with Gasteiger partial charge in [0.2, 0.25) is 0 Å². The number of hydrogen-bond donors (Lipinski definition) is 3. The highest BCUT2D eigenvalue weighted by Gasteiger charge is 2.28. The van der Waals surface area contributed by atoms with E-state index < -0.39 is 11.5 Å². The fourth-order valence-electron chi connectivity index (χ4n) is 5.69. The minimum Gasteiger partial charge on any atom is -0.393 e. The van der Waals surface area contributed by atoms with Crippen molar-refractivity contribution in [1.82, 2.24) is 29.6 Å². The molecule has 0 spiro atoms. The summed E-state index contributed by atoms with van der Waals surface area (Å²) in [5, 5.41) is 16.2. The second-order valence-electron chi connectivity index (χ2n) is 11.0. The zero-order valence-corrected chi connectivity index (χ0v) is 25.6. The highest BCUT2D eigenvalue weighted by molar-refractivity contribution is 7.14. The first kappa shape index (κ1) is 29.1. The molecule has 0 unspecified atom stereocenters. The van der Waals surface area contributed by atoms with Gasteiger partial charge in [0.25, 0.3) is 11.5 Å². The smallest absolute Gasteiger partial charge is 0.284 e. The Kier molecular flexibility index (Phi) is 8.12. The predicted octanol–water partition coefficient (Wildman–Crippen LogP) is 2.99. The summed E-state index contributed by atoms with van der Waals surface area (Å²) in [5.41, 5.74) is 8.41. The highest BCUT2D eigenvalue weighted by Crippen LogP contribution is 2.31.